The molecule has 0 saturated heterocycles. The van der Waals surface area contributed by atoms with E-state index in [9.17, 15) is 4.79 Å². The van der Waals surface area contributed by atoms with E-state index in [4.69, 9.17) is 5.11 Å². The summed E-state index contributed by atoms with van der Waals surface area (Å²) < 4.78 is 0. The molecule has 0 spiro atoms. The van der Waals surface area contributed by atoms with Gasteiger partial charge < -0.3 is 10.0 Å². The fourth-order valence-corrected chi connectivity index (χ4v) is 0.812. The molecule has 13 heavy (non-hydrogen) atoms. The zero-order valence-corrected chi connectivity index (χ0v) is 8.34. The number of aliphatic hydroxyl groups excluding tert-OH is 1. The molecule has 0 aliphatic heterocycles. The second kappa shape index (κ2) is 7.63. The topological polar surface area (TPSA) is 40.5 Å². The number of nitrogens with zero attached hydrogens (tertiary/aromatic N) is 1. The maximum absolute atomic E-state index is 11.2. The van der Waals surface area contributed by atoms with Crippen LogP contribution in [0.25, 0.3) is 0 Å². The van der Waals surface area contributed by atoms with E-state index in [2.05, 4.69) is 11.8 Å². The van der Waals surface area contributed by atoms with Gasteiger partial charge in [-0.2, -0.15) is 0 Å². The van der Waals surface area contributed by atoms with Crippen LogP contribution in [0.1, 0.15) is 26.2 Å². The van der Waals surface area contributed by atoms with Gasteiger partial charge in [0.2, 0.25) is 5.91 Å². The molecule has 74 valence electrons. The Morgan fingerprint density at radius 3 is 2.69 bits per heavy atom. The first-order chi connectivity index (χ1) is 6.22. The van der Waals surface area contributed by atoms with Gasteiger partial charge in [-0.05, 0) is 6.42 Å². The summed E-state index contributed by atoms with van der Waals surface area (Å²) in [6, 6.07) is 0. The van der Waals surface area contributed by atoms with Gasteiger partial charge in [-0.1, -0.05) is 18.8 Å². The summed E-state index contributed by atoms with van der Waals surface area (Å²) in [5, 5.41) is 8.44. The third kappa shape index (κ3) is 6.18. The SMILES string of the molecule is CCCC(=O)N(C)CC#CCCO. The summed E-state index contributed by atoms with van der Waals surface area (Å²) in [4.78, 5) is 12.8. The predicted octanol–water partition coefficient (Wildman–Crippen LogP) is 0.631. The highest BCUT2D eigenvalue weighted by molar-refractivity contribution is 5.76. The third-order valence-electron chi connectivity index (χ3n) is 1.57. The predicted molar refractivity (Wildman–Crippen MR) is 52.0 cm³/mol. The highest BCUT2D eigenvalue weighted by Crippen LogP contribution is 1.93. The molecule has 0 aliphatic carbocycles. The number of carbonyl (C=O) groups excluding carboxylic acids is 1. The van der Waals surface area contributed by atoms with Gasteiger partial charge in [-0.15, -0.1) is 0 Å². The molecule has 0 saturated carbocycles. The lowest BCUT2D eigenvalue weighted by molar-refractivity contribution is -0.129. The number of aliphatic hydroxyl groups is 1. The Morgan fingerprint density at radius 2 is 2.15 bits per heavy atom. The molecule has 3 nitrogen and oxygen atoms in total. The molecule has 1 amide bonds. The first-order valence-electron chi connectivity index (χ1n) is 4.53. The van der Waals surface area contributed by atoms with Gasteiger partial charge in [0.25, 0.3) is 0 Å². The van der Waals surface area contributed by atoms with Crippen molar-refractivity contribution < 1.29 is 9.90 Å². The molecular weight excluding hydrogens is 166 g/mol. The van der Waals surface area contributed by atoms with Crippen LogP contribution in [0, 0.1) is 11.8 Å². The highest BCUT2D eigenvalue weighted by atomic mass is 16.2. The maximum Gasteiger partial charge on any atom is 0.223 e. The monoisotopic (exact) mass is 183 g/mol. The minimum atomic E-state index is 0.0830. The average molecular weight is 183 g/mol. The van der Waals surface area contributed by atoms with Gasteiger partial charge in [0.1, 0.15) is 0 Å². The summed E-state index contributed by atoms with van der Waals surface area (Å²) >= 11 is 0. The molecule has 0 aliphatic rings. The van der Waals surface area contributed by atoms with E-state index in [1.165, 1.54) is 0 Å². The van der Waals surface area contributed by atoms with Crippen molar-refractivity contribution in [2.24, 2.45) is 0 Å². The van der Waals surface area contributed by atoms with Crippen molar-refractivity contribution in [3.05, 3.63) is 0 Å². The lowest BCUT2D eigenvalue weighted by Crippen LogP contribution is -2.26. The van der Waals surface area contributed by atoms with Crippen LogP contribution in [-0.2, 0) is 4.79 Å². The number of hydrogen-bond donors (Lipinski definition) is 1. The van der Waals surface area contributed by atoms with Crippen LogP contribution in [0.15, 0.2) is 0 Å². The molecule has 0 unspecified atom stereocenters. The smallest absolute Gasteiger partial charge is 0.223 e. The lowest BCUT2D eigenvalue weighted by Gasteiger charge is -2.12. The molecule has 0 aromatic carbocycles. The average Bonchev–Trinajstić information content (AvgIpc) is 2.12. The third-order valence-corrected chi connectivity index (χ3v) is 1.57. The highest BCUT2D eigenvalue weighted by Gasteiger charge is 2.03. The van der Waals surface area contributed by atoms with E-state index in [1.54, 1.807) is 11.9 Å². The summed E-state index contributed by atoms with van der Waals surface area (Å²) in [7, 11) is 1.74. The van der Waals surface area contributed by atoms with Crippen LogP contribution in [0.3, 0.4) is 0 Å². The molecule has 0 radical (unpaired) electrons. The van der Waals surface area contributed by atoms with Crippen LogP contribution in [0.4, 0.5) is 0 Å². The zero-order chi connectivity index (χ0) is 10.1. The molecule has 0 rings (SSSR count). The zero-order valence-electron chi connectivity index (χ0n) is 8.34. The van der Waals surface area contributed by atoms with Crippen molar-refractivity contribution in [2.75, 3.05) is 20.2 Å². The van der Waals surface area contributed by atoms with Crippen LogP contribution in [-0.4, -0.2) is 36.1 Å². The second-order valence-corrected chi connectivity index (χ2v) is 2.83. The van der Waals surface area contributed by atoms with Crippen LogP contribution in [0.5, 0.6) is 0 Å². The van der Waals surface area contributed by atoms with E-state index in [0.717, 1.165) is 6.42 Å². The van der Waals surface area contributed by atoms with Gasteiger partial charge >= 0.3 is 0 Å². The van der Waals surface area contributed by atoms with E-state index in [1.807, 2.05) is 6.92 Å². The van der Waals surface area contributed by atoms with Crippen molar-refractivity contribution in [3.63, 3.8) is 0 Å². The fraction of sp³-hybridized carbons (Fsp3) is 0.700. The number of rotatable bonds is 4. The van der Waals surface area contributed by atoms with Crippen LogP contribution >= 0.6 is 0 Å². The molecule has 0 bridgehead atoms. The van der Waals surface area contributed by atoms with Gasteiger partial charge in [-0.25, -0.2) is 0 Å². The summed E-state index contributed by atoms with van der Waals surface area (Å²) in [6.07, 6.45) is 1.93. The molecule has 0 atom stereocenters. The molecule has 0 fully saturated rings. The number of hydrogen-bond acceptors (Lipinski definition) is 2. The van der Waals surface area contributed by atoms with Crippen molar-refractivity contribution in [1.82, 2.24) is 4.90 Å². The lowest BCUT2D eigenvalue weighted by atomic mass is 10.3. The Labute approximate surface area is 79.7 Å². The number of carbonyl (C=O) groups is 1. The largest absolute Gasteiger partial charge is 0.395 e. The minimum Gasteiger partial charge on any atom is -0.395 e. The van der Waals surface area contributed by atoms with Crippen molar-refractivity contribution in [2.45, 2.75) is 26.2 Å². The van der Waals surface area contributed by atoms with Crippen LogP contribution in [0.2, 0.25) is 0 Å². The Morgan fingerprint density at radius 1 is 1.46 bits per heavy atom. The van der Waals surface area contributed by atoms with Gasteiger partial charge in [0.05, 0.1) is 13.2 Å². The van der Waals surface area contributed by atoms with Crippen molar-refractivity contribution >= 4 is 5.91 Å². The minimum absolute atomic E-state index is 0.0830. The van der Waals surface area contributed by atoms with Crippen molar-refractivity contribution in [1.29, 1.82) is 0 Å². The molecule has 0 aromatic heterocycles. The summed E-state index contributed by atoms with van der Waals surface area (Å²) in [6.45, 7) is 2.52. The molecule has 1 N–H and O–H groups in total. The molecule has 3 heteroatoms. The standard InChI is InChI=1S/C10H17NO2/c1-3-7-10(13)11(2)8-5-4-6-9-12/h12H,3,6-9H2,1-2H3. The fourth-order valence-electron chi connectivity index (χ4n) is 0.812. The van der Waals surface area contributed by atoms with E-state index < -0.39 is 0 Å². The van der Waals surface area contributed by atoms with E-state index >= 15 is 0 Å². The number of amides is 1. The Bertz CT molecular complexity index is 203. The van der Waals surface area contributed by atoms with E-state index in [0.29, 0.717) is 19.4 Å². The quantitative estimate of drug-likeness (QED) is 0.649. The Balaban J connectivity index is 3.68. The first kappa shape index (κ1) is 12.0. The van der Waals surface area contributed by atoms with Gasteiger partial charge in [0.15, 0.2) is 0 Å². The second-order valence-electron chi connectivity index (χ2n) is 2.83. The molecular formula is C10H17NO2. The Kier molecular flexibility index (Phi) is 7.04. The maximum atomic E-state index is 11.2. The first-order valence-corrected chi connectivity index (χ1v) is 4.53. The summed E-state index contributed by atoms with van der Waals surface area (Å²) in [5.41, 5.74) is 0. The molecule has 0 heterocycles. The van der Waals surface area contributed by atoms with Crippen molar-refractivity contribution in [3.8, 4) is 11.8 Å². The van der Waals surface area contributed by atoms with Crippen LogP contribution < -0.4 is 0 Å². The van der Waals surface area contributed by atoms with Gasteiger partial charge in [-0.3, -0.25) is 4.79 Å². The Hall–Kier alpha value is -1.01. The van der Waals surface area contributed by atoms with E-state index in [-0.39, 0.29) is 12.5 Å². The van der Waals surface area contributed by atoms with Gasteiger partial charge in [0, 0.05) is 19.9 Å². The molecule has 0 aromatic rings. The summed E-state index contributed by atoms with van der Waals surface area (Å²) in [5.74, 6) is 5.72. The normalized spacial score (nSPS) is 8.85.